The summed E-state index contributed by atoms with van der Waals surface area (Å²) in [4.78, 5) is 0. The highest BCUT2D eigenvalue weighted by Gasteiger charge is 2.48. The molecule has 0 atom stereocenters. The number of hydrogen-bond acceptors (Lipinski definition) is 1. The molecule has 0 saturated heterocycles. The number of rotatable bonds is 4. The molecule has 0 aliphatic heterocycles. The van der Waals surface area contributed by atoms with Gasteiger partial charge in [-0.1, -0.05) is 89.8 Å². The third-order valence-corrected chi connectivity index (χ3v) is 7.76. The van der Waals surface area contributed by atoms with E-state index >= 15 is 0 Å². The van der Waals surface area contributed by atoms with Gasteiger partial charge in [0.05, 0.1) is 5.56 Å². The molecule has 2 heteroatoms. The molecule has 0 unspecified atom stereocenters. The summed E-state index contributed by atoms with van der Waals surface area (Å²) in [5.41, 5.74) is -0.731. The first-order valence-electron chi connectivity index (χ1n) is 19.7. The first-order chi connectivity index (χ1) is 23.6. The van der Waals surface area contributed by atoms with Crippen LogP contribution in [0.3, 0.4) is 0 Å². The van der Waals surface area contributed by atoms with Crippen molar-refractivity contribution in [3.63, 3.8) is 0 Å². The Balaban J connectivity index is 1.88. The lowest BCUT2D eigenvalue weighted by Gasteiger charge is -2.40. The van der Waals surface area contributed by atoms with E-state index in [0.29, 0.717) is 27.6 Å². The Morgan fingerprint density at radius 3 is 2.22 bits per heavy atom. The molecule has 3 aromatic carbocycles. The summed E-state index contributed by atoms with van der Waals surface area (Å²) in [6, 6.07) is 15.8. The first kappa shape index (κ1) is 12.4. The van der Waals surface area contributed by atoms with Crippen molar-refractivity contribution in [2.45, 2.75) is 59.5 Å². The normalized spacial score (nSPS) is 22.5. The number of benzene rings is 3. The van der Waals surface area contributed by atoms with Crippen molar-refractivity contribution in [2.24, 2.45) is 18.8 Å². The highest BCUT2D eigenvalue weighted by molar-refractivity contribution is 6.14. The lowest BCUT2D eigenvalue weighted by atomic mass is 9.63. The van der Waals surface area contributed by atoms with Crippen LogP contribution in [-0.2, 0) is 12.5 Å². The predicted octanol–water partition coefficient (Wildman–Crippen LogP) is 9.09. The molecule has 1 aliphatic carbocycles. The van der Waals surface area contributed by atoms with Crippen LogP contribution in [0.5, 0.6) is 0 Å². The second kappa shape index (κ2) is 8.31. The molecule has 0 bridgehead atoms. The van der Waals surface area contributed by atoms with Gasteiger partial charge in [-0.05, 0) is 52.4 Å². The second-order valence-electron chi connectivity index (χ2n) is 10.1. The molecular weight excluding hydrogens is 450 g/mol. The minimum absolute atomic E-state index is 0.00794. The van der Waals surface area contributed by atoms with E-state index in [0.717, 1.165) is 11.1 Å². The Kier molecular flexibility index (Phi) is 2.79. The molecular formula is C35H38NO+. The molecule has 0 amide bonds. The number of aromatic nitrogens is 1. The molecule has 0 saturated carbocycles. The fourth-order valence-electron chi connectivity index (χ4n) is 5.87. The van der Waals surface area contributed by atoms with E-state index in [2.05, 4.69) is 0 Å². The van der Waals surface area contributed by atoms with Gasteiger partial charge in [0, 0.05) is 54.4 Å². The first-order valence-corrected chi connectivity index (χ1v) is 12.2. The maximum absolute atomic E-state index is 9.64. The molecule has 2 heterocycles. The molecule has 6 rings (SSSR count). The number of furan rings is 1. The van der Waals surface area contributed by atoms with Crippen LogP contribution < -0.4 is 4.57 Å². The van der Waals surface area contributed by atoms with Crippen LogP contribution in [-0.4, -0.2) is 0 Å². The van der Waals surface area contributed by atoms with Crippen molar-refractivity contribution >= 4 is 21.9 Å². The van der Waals surface area contributed by atoms with E-state index in [9.17, 15) is 2.74 Å². The minimum atomic E-state index is -3.89. The standard InChI is InChI=1S/C35H38NO/c1-20(2)24-17-18-36(8)30(19-24)31-23(7)13-14-25-26-15-16-29-32(34(26)37-33(25)31)27-11-9-10-12-28(27)35(29,21(3)4)22(5)6/h9-22H,1-8H3/q+1/i3D3,4D3,5D3,6D3,20D,21D,22D. The van der Waals surface area contributed by atoms with E-state index in [1.54, 1.807) is 13.8 Å². The molecule has 0 radical (unpaired) electrons. The molecule has 2 aromatic heterocycles. The fourth-order valence-corrected chi connectivity index (χ4v) is 5.87. The van der Waals surface area contributed by atoms with E-state index < -0.39 is 61.6 Å². The fraction of sp³-hybridized carbons (Fsp3) is 0.343. The Labute approximate surface area is 242 Å². The second-order valence-corrected chi connectivity index (χ2v) is 10.1. The van der Waals surface area contributed by atoms with Gasteiger partial charge < -0.3 is 4.42 Å². The quantitative estimate of drug-likeness (QED) is 0.224. The van der Waals surface area contributed by atoms with Gasteiger partial charge in [-0.2, -0.15) is 0 Å². The summed E-state index contributed by atoms with van der Waals surface area (Å²) in [6.07, 6.45) is 1.83. The molecule has 37 heavy (non-hydrogen) atoms. The van der Waals surface area contributed by atoms with Gasteiger partial charge in [0.25, 0.3) is 0 Å². The van der Waals surface area contributed by atoms with Crippen molar-refractivity contribution in [1.82, 2.24) is 0 Å². The van der Waals surface area contributed by atoms with Gasteiger partial charge in [-0.3, -0.25) is 0 Å². The minimum Gasteiger partial charge on any atom is -0.454 e. The Hall–Kier alpha value is -3.39. The smallest absolute Gasteiger partial charge is 0.216 e. The van der Waals surface area contributed by atoms with Crippen molar-refractivity contribution < 1.29 is 29.5 Å². The Morgan fingerprint density at radius 1 is 0.838 bits per heavy atom. The van der Waals surface area contributed by atoms with E-state index in [1.165, 1.54) is 36.4 Å². The third kappa shape index (κ3) is 3.14. The van der Waals surface area contributed by atoms with Crippen molar-refractivity contribution in [2.75, 3.05) is 0 Å². The molecule has 1 aliphatic rings. The summed E-state index contributed by atoms with van der Waals surface area (Å²) in [5, 5.41) is 1.06. The number of hydrogen-bond donors (Lipinski definition) is 0. The lowest BCUT2D eigenvalue weighted by Crippen LogP contribution is -2.37. The van der Waals surface area contributed by atoms with Crippen LogP contribution in [0, 0.1) is 18.7 Å². The summed E-state index contributed by atoms with van der Waals surface area (Å²) < 4.78 is 139. The van der Waals surface area contributed by atoms with Gasteiger partial charge >= 0.3 is 0 Å². The molecule has 0 fully saturated rings. The van der Waals surface area contributed by atoms with E-state index in [-0.39, 0.29) is 16.7 Å². The summed E-state index contributed by atoms with van der Waals surface area (Å²) in [5.74, 6) is -8.72. The van der Waals surface area contributed by atoms with Gasteiger partial charge in [-0.25, -0.2) is 4.57 Å². The maximum atomic E-state index is 9.64. The average Bonchev–Trinajstić information content (AvgIpc) is 3.52. The lowest BCUT2D eigenvalue weighted by molar-refractivity contribution is -0.660. The monoisotopic (exact) mass is 503 g/mol. The van der Waals surface area contributed by atoms with Crippen LogP contribution in [0.2, 0.25) is 0 Å². The van der Waals surface area contributed by atoms with Gasteiger partial charge in [0.15, 0.2) is 6.20 Å². The molecule has 0 N–H and O–H groups in total. The van der Waals surface area contributed by atoms with Crippen LogP contribution in [0.25, 0.3) is 44.3 Å². The summed E-state index contributed by atoms with van der Waals surface area (Å²) in [7, 11) is 1.84. The Morgan fingerprint density at radius 2 is 1.51 bits per heavy atom. The number of nitrogens with zero attached hydrogens (tertiary/aromatic N) is 1. The molecule has 188 valence electrons. The topological polar surface area (TPSA) is 17.0 Å². The zero-order chi connectivity index (χ0) is 39.0. The van der Waals surface area contributed by atoms with E-state index in [4.69, 9.17) is 22.2 Å². The molecule has 5 aromatic rings. The van der Waals surface area contributed by atoms with Gasteiger partial charge in [0.1, 0.15) is 18.2 Å². The maximum Gasteiger partial charge on any atom is 0.216 e. The highest BCUT2D eigenvalue weighted by Crippen LogP contribution is 2.58. The number of aryl methyl sites for hydroxylation is 2. The van der Waals surface area contributed by atoms with Crippen molar-refractivity contribution in [3.8, 4) is 22.4 Å². The van der Waals surface area contributed by atoms with Crippen LogP contribution in [0.15, 0.2) is 71.3 Å². The number of pyridine rings is 1. The van der Waals surface area contributed by atoms with Crippen LogP contribution in [0.1, 0.15) is 90.0 Å². The summed E-state index contributed by atoms with van der Waals surface area (Å²) >= 11 is 0. The van der Waals surface area contributed by atoms with Crippen LogP contribution >= 0.6 is 0 Å². The Bertz CT molecular complexity index is 2180. The van der Waals surface area contributed by atoms with E-state index in [1.807, 2.05) is 49.0 Å². The van der Waals surface area contributed by atoms with Crippen molar-refractivity contribution in [1.29, 1.82) is 0 Å². The van der Waals surface area contributed by atoms with Gasteiger partial charge in [-0.15, -0.1) is 0 Å². The zero-order valence-corrected chi connectivity index (χ0v) is 21.2. The predicted molar refractivity (Wildman–Crippen MR) is 155 cm³/mol. The SMILES string of the molecule is [2H]C(C)(C)c1cc[n+](C)c(-c2c(C)ccc3c2oc2c4c(ccc23)C(C([2H])(C([2H])([2H])[2H])C([2H])([2H])[2H])(C([2H])(C([2H])([2H])[2H])C([2H])([2H])[2H])c2ccccc2-4)c1. The van der Waals surface area contributed by atoms with Crippen LogP contribution in [0.4, 0.5) is 0 Å². The van der Waals surface area contributed by atoms with Crippen molar-refractivity contribution in [3.05, 3.63) is 89.1 Å². The largest absolute Gasteiger partial charge is 0.454 e. The average molecular weight is 504 g/mol. The zero-order valence-electron chi connectivity index (χ0n) is 36.2. The molecule has 0 spiro atoms. The highest BCUT2D eigenvalue weighted by atomic mass is 16.3. The summed E-state index contributed by atoms with van der Waals surface area (Å²) in [6.45, 7) is -9.99. The molecule has 2 nitrogen and oxygen atoms in total. The van der Waals surface area contributed by atoms with Gasteiger partial charge in [0.2, 0.25) is 5.69 Å². The third-order valence-electron chi connectivity index (χ3n) is 7.76. The number of fused-ring (bicyclic) bond motifs is 7.